The summed E-state index contributed by atoms with van der Waals surface area (Å²) in [6, 6.07) is 10.5. The molecule has 31 heavy (non-hydrogen) atoms. The molecule has 7 nitrogen and oxygen atoms in total. The van der Waals surface area contributed by atoms with Crippen molar-refractivity contribution in [2.75, 3.05) is 20.8 Å². The fourth-order valence-electron chi connectivity index (χ4n) is 2.74. The SMILES string of the molecule is COC(=O)COc1c(I)cc(/C=C2\SC(=O)N(Cc3ccccc3Cl)C2=O)cc1OC. The Morgan fingerprint density at radius 2 is 1.97 bits per heavy atom. The third-order valence-corrected chi connectivity index (χ3v) is 6.35. The molecule has 0 bridgehead atoms. The van der Waals surface area contributed by atoms with Crippen LogP contribution in [0, 0.1) is 3.57 Å². The first-order valence-electron chi connectivity index (χ1n) is 8.90. The molecule has 162 valence electrons. The molecule has 1 saturated heterocycles. The highest BCUT2D eigenvalue weighted by molar-refractivity contribution is 14.1. The molecular weight excluding hydrogens is 557 g/mol. The van der Waals surface area contributed by atoms with Gasteiger partial charge in [0.1, 0.15) is 0 Å². The normalized spacial score (nSPS) is 14.8. The number of amides is 2. The van der Waals surface area contributed by atoms with Crippen molar-refractivity contribution in [3.8, 4) is 11.5 Å². The van der Waals surface area contributed by atoms with E-state index in [1.807, 2.05) is 22.6 Å². The maximum absolute atomic E-state index is 12.8. The fourth-order valence-corrected chi connectivity index (χ4v) is 4.55. The molecule has 2 aromatic carbocycles. The number of hydrogen-bond donors (Lipinski definition) is 0. The highest BCUT2D eigenvalue weighted by Gasteiger charge is 2.35. The van der Waals surface area contributed by atoms with E-state index in [0.29, 0.717) is 31.2 Å². The Bertz CT molecular complexity index is 1070. The molecule has 0 unspecified atom stereocenters. The van der Waals surface area contributed by atoms with E-state index in [9.17, 15) is 14.4 Å². The Morgan fingerprint density at radius 1 is 1.23 bits per heavy atom. The van der Waals surface area contributed by atoms with Crippen molar-refractivity contribution in [2.24, 2.45) is 0 Å². The van der Waals surface area contributed by atoms with Crippen molar-refractivity contribution in [1.82, 2.24) is 4.90 Å². The Labute approximate surface area is 201 Å². The van der Waals surface area contributed by atoms with Gasteiger partial charge in [0.05, 0.1) is 29.2 Å². The second kappa shape index (κ2) is 10.4. The molecule has 1 aliphatic heterocycles. The molecule has 3 rings (SSSR count). The topological polar surface area (TPSA) is 82.1 Å². The molecular formula is C21H17ClINO6S. The standard InChI is InChI=1S/C21H17ClINO6S/c1-28-16-8-12(7-15(23)19(16)30-11-18(25)29-2)9-17-20(26)24(21(27)31-17)10-13-5-3-4-6-14(13)22/h3-9H,10-11H2,1-2H3/b17-9-. The van der Waals surface area contributed by atoms with Crippen LogP contribution >= 0.6 is 46.0 Å². The van der Waals surface area contributed by atoms with Crippen LogP contribution in [0.1, 0.15) is 11.1 Å². The van der Waals surface area contributed by atoms with E-state index in [2.05, 4.69) is 4.74 Å². The van der Waals surface area contributed by atoms with Crippen molar-refractivity contribution in [3.63, 3.8) is 0 Å². The quantitative estimate of drug-likeness (QED) is 0.269. The number of methoxy groups -OCH3 is 2. The lowest BCUT2D eigenvalue weighted by molar-refractivity contribution is -0.143. The number of esters is 1. The van der Waals surface area contributed by atoms with Crippen LogP contribution in [0.2, 0.25) is 5.02 Å². The zero-order valence-corrected chi connectivity index (χ0v) is 20.2. The van der Waals surface area contributed by atoms with Gasteiger partial charge in [0.2, 0.25) is 0 Å². The second-order valence-corrected chi connectivity index (χ2v) is 8.82. The molecule has 0 N–H and O–H groups in total. The third-order valence-electron chi connectivity index (χ3n) is 4.27. The van der Waals surface area contributed by atoms with E-state index in [1.165, 1.54) is 14.2 Å². The van der Waals surface area contributed by atoms with Gasteiger partial charge >= 0.3 is 5.97 Å². The van der Waals surface area contributed by atoms with Gasteiger partial charge in [-0.1, -0.05) is 29.8 Å². The lowest BCUT2D eigenvalue weighted by Gasteiger charge is -2.14. The van der Waals surface area contributed by atoms with E-state index in [1.54, 1.807) is 42.5 Å². The summed E-state index contributed by atoms with van der Waals surface area (Å²) in [4.78, 5) is 38.0. The highest BCUT2D eigenvalue weighted by atomic mass is 127. The van der Waals surface area contributed by atoms with Crippen molar-refractivity contribution in [2.45, 2.75) is 6.54 Å². The number of ether oxygens (including phenoxy) is 3. The molecule has 0 aromatic heterocycles. The first kappa shape index (κ1) is 23.4. The Balaban J connectivity index is 1.83. The molecule has 1 heterocycles. The number of thioether (sulfide) groups is 1. The van der Waals surface area contributed by atoms with E-state index in [4.69, 9.17) is 21.1 Å². The van der Waals surface area contributed by atoms with Gasteiger partial charge in [-0.05, 0) is 69.8 Å². The van der Waals surface area contributed by atoms with Gasteiger partial charge in [-0.3, -0.25) is 14.5 Å². The smallest absolute Gasteiger partial charge is 0.343 e. The second-order valence-electron chi connectivity index (χ2n) is 6.26. The molecule has 10 heteroatoms. The predicted octanol–water partition coefficient (Wildman–Crippen LogP) is 4.74. The monoisotopic (exact) mass is 573 g/mol. The summed E-state index contributed by atoms with van der Waals surface area (Å²) in [5, 5.41) is 0.128. The van der Waals surface area contributed by atoms with Crippen molar-refractivity contribution in [1.29, 1.82) is 0 Å². The molecule has 1 fully saturated rings. The summed E-state index contributed by atoms with van der Waals surface area (Å²) in [6.45, 7) is -0.161. The number of nitrogens with zero attached hydrogens (tertiary/aromatic N) is 1. The number of rotatable bonds is 7. The van der Waals surface area contributed by atoms with Gasteiger partial charge in [0.15, 0.2) is 18.1 Å². The molecule has 0 aliphatic carbocycles. The highest BCUT2D eigenvalue weighted by Crippen LogP contribution is 2.38. The number of imide groups is 1. The Morgan fingerprint density at radius 3 is 2.65 bits per heavy atom. The van der Waals surface area contributed by atoms with Gasteiger partial charge in [-0.25, -0.2) is 4.79 Å². The third kappa shape index (κ3) is 5.52. The molecule has 0 radical (unpaired) electrons. The zero-order chi connectivity index (χ0) is 22.5. The van der Waals surface area contributed by atoms with Crippen LogP contribution < -0.4 is 9.47 Å². The summed E-state index contributed by atoms with van der Waals surface area (Å²) in [5.74, 6) is -0.140. The summed E-state index contributed by atoms with van der Waals surface area (Å²) in [6.07, 6.45) is 1.62. The minimum absolute atomic E-state index is 0.100. The molecule has 1 aliphatic rings. The molecule has 0 atom stereocenters. The van der Waals surface area contributed by atoms with Gasteiger partial charge in [-0.15, -0.1) is 0 Å². The largest absolute Gasteiger partial charge is 0.493 e. The number of halogens is 2. The van der Waals surface area contributed by atoms with Crippen molar-refractivity contribution in [3.05, 3.63) is 61.0 Å². The maximum Gasteiger partial charge on any atom is 0.343 e. The van der Waals surface area contributed by atoms with E-state index in [0.717, 1.165) is 16.7 Å². The summed E-state index contributed by atoms with van der Waals surface area (Å²) in [7, 11) is 2.74. The number of hydrogen-bond acceptors (Lipinski definition) is 7. The van der Waals surface area contributed by atoms with E-state index in [-0.39, 0.29) is 23.3 Å². The average molecular weight is 574 g/mol. The first-order chi connectivity index (χ1) is 14.8. The van der Waals surface area contributed by atoms with Gasteiger partial charge in [0.25, 0.3) is 11.1 Å². The zero-order valence-electron chi connectivity index (χ0n) is 16.5. The van der Waals surface area contributed by atoms with Gasteiger partial charge in [0, 0.05) is 5.02 Å². The van der Waals surface area contributed by atoms with Crippen LogP contribution in [-0.2, 0) is 20.9 Å². The van der Waals surface area contributed by atoms with Crippen molar-refractivity contribution < 1.29 is 28.6 Å². The lowest BCUT2D eigenvalue weighted by Crippen LogP contribution is -2.27. The molecule has 0 spiro atoms. The van der Waals surface area contributed by atoms with Crippen molar-refractivity contribution >= 4 is 69.1 Å². The van der Waals surface area contributed by atoms with E-state index < -0.39 is 11.9 Å². The van der Waals surface area contributed by atoms with Crippen LogP contribution in [0.3, 0.4) is 0 Å². The fraction of sp³-hybridized carbons (Fsp3) is 0.190. The molecule has 2 amide bonds. The lowest BCUT2D eigenvalue weighted by atomic mass is 10.1. The summed E-state index contributed by atoms with van der Waals surface area (Å²) in [5.41, 5.74) is 1.34. The number of benzene rings is 2. The van der Waals surface area contributed by atoms with E-state index >= 15 is 0 Å². The number of carbonyl (C=O) groups excluding carboxylic acids is 3. The summed E-state index contributed by atoms with van der Waals surface area (Å²) >= 11 is 9.06. The van der Waals surface area contributed by atoms with Crippen LogP contribution in [0.15, 0.2) is 41.3 Å². The Hall–Kier alpha value is -2.24. The average Bonchev–Trinajstić information content (AvgIpc) is 3.01. The van der Waals surface area contributed by atoms with Gasteiger partial charge in [-0.2, -0.15) is 0 Å². The van der Waals surface area contributed by atoms with Crippen LogP contribution in [0.5, 0.6) is 11.5 Å². The predicted molar refractivity (Wildman–Crippen MR) is 126 cm³/mol. The summed E-state index contributed by atoms with van der Waals surface area (Å²) < 4.78 is 16.1. The maximum atomic E-state index is 12.8. The minimum atomic E-state index is -0.519. The first-order valence-corrected chi connectivity index (χ1v) is 11.2. The molecule has 0 saturated carbocycles. The minimum Gasteiger partial charge on any atom is -0.493 e. The van der Waals surface area contributed by atoms with Gasteiger partial charge < -0.3 is 14.2 Å². The number of carbonyl (C=O) groups is 3. The Kier molecular flexibility index (Phi) is 7.84. The van der Waals surface area contributed by atoms with Crippen LogP contribution in [-0.4, -0.2) is 42.8 Å². The van der Waals surface area contributed by atoms with Crippen LogP contribution in [0.4, 0.5) is 4.79 Å². The molecule has 2 aromatic rings. The van der Waals surface area contributed by atoms with Crippen LogP contribution in [0.25, 0.3) is 6.08 Å².